The first-order valence-corrected chi connectivity index (χ1v) is 8.89. The largest absolute Gasteiger partial charge is 0.507 e. The number of phenolic OH excluding ortho intramolecular Hbond substituents is 1. The molecule has 2 aromatic carbocycles. The number of nitrogens with zero attached hydrogens (tertiary/aromatic N) is 2. The highest BCUT2D eigenvalue weighted by molar-refractivity contribution is 9.10. The van der Waals surface area contributed by atoms with Crippen LogP contribution in [0.3, 0.4) is 0 Å². The van der Waals surface area contributed by atoms with E-state index >= 15 is 0 Å². The van der Waals surface area contributed by atoms with E-state index < -0.39 is 10.0 Å². The van der Waals surface area contributed by atoms with E-state index in [1.165, 1.54) is 18.3 Å². The fourth-order valence-corrected chi connectivity index (χ4v) is 2.84. The molecule has 2 rings (SSSR count). The van der Waals surface area contributed by atoms with Crippen molar-refractivity contribution in [2.75, 3.05) is 19.0 Å². The van der Waals surface area contributed by atoms with Crippen LogP contribution < -0.4 is 10.0 Å². The van der Waals surface area contributed by atoms with Gasteiger partial charge >= 0.3 is 0 Å². The molecule has 0 unspecified atom stereocenters. The normalized spacial score (nSPS) is 11.8. The first-order valence-electron chi connectivity index (χ1n) is 6.55. The molecule has 0 spiro atoms. The quantitative estimate of drug-likeness (QED) is 0.774. The number of halogens is 1. The van der Waals surface area contributed by atoms with Crippen LogP contribution in [0.15, 0.2) is 50.8 Å². The topological polar surface area (TPSA) is 96.0 Å². The maximum Gasteiger partial charge on any atom is 0.238 e. The Kier molecular flexibility index (Phi) is 5.08. The molecule has 122 valence electrons. The maximum atomic E-state index is 11.5. The highest BCUT2D eigenvalue weighted by atomic mass is 79.9. The predicted octanol–water partition coefficient (Wildman–Crippen LogP) is 2.62. The molecule has 0 amide bonds. The van der Waals surface area contributed by atoms with Crippen molar-refractivity contribution >= 4 is 43.5 Å². The van der Waals surface area contributed by atoms with E-state index in [-0.39, 0.29) is 10.6 Å². The number of anilines is 1. The molecule has 0 aliphatic rings. The second-order valence-electron chi connectivity index (χ2n) is 5.05. The number of aliphatic imine (C=N–C) groups is 1. The number of nitrogens with two attached hydrogens (primary N) is 1. The Labute approximate surface area is 143 Å². The van der Waals surface area contributed by atoms with Crippen molar-refractivity contribution in [3.05, 3.63) is 46.4 Å². The van der Waals surface area contributed by atoms with Crippen LogP contribution in [0.2, 0.25) is 0 Å². The molecule has 0 atom stereocenters. The highest BCUT2D eigenvalue weighted by Crippen LogP contribution is 2.30. The zero-order chi connectivity index (χ0) is 17.2. The molecule has 0 radical (unpaired) electrons. The fourth-order valence-electron chi connectivity index (χ4n) is 1.93. The van der Waals surface area contributed by atoms with Crippen LogP contribution in [0, 0.1) is 0 Å². The summed E-state index contributed by atoms with van der Waals surface area (Å²) < 4.78 is 23.8. The van der Waals surface area contributed by atoms with Crippen molar-refractivity contribution in [1.29, 1.82) is 0 Å². The van der Waals surface area contributed by atoms with E-state index in [9.17, 15) is 13.5 Å². The Balaban J connectivity index is 2.52. The summed E-state index contributed by atoms with van der Waals surface area (Å²) in [4.78, 5) is 6.09. The number of primary sulfonamides is 1. The summed E-state index contributed by atoms with van der Waals surface area (Å²) >= 11 is 3.32. The summed E-state index contributed by atoms with van der Waals surface area (Å²) in [5.74, 6) is 0.0750. The summed E-state index contributed by atoms with van der Waals surface area (Å²) in [6, 6.07) is 9.42. The van der Waals surface area contributed by atoms with Crippen molar-refractivity contribution in [2.45, 2.75) is 4.90 Å². The van der Waals surface area contributed by atoms with Gasteiger partial charge in [0.15, 0.2) is 0 Å². The lowest BCUT2D eigenvalue weighted by Gasteiger charge is -2.15. The third-order valence-corrected chi connectivity index (χ3v) is 4.49. The van der Waals surface area contributed by atoms with Crippen molar-refractivity contribution in [3.8, 4) is 5.75 Å². The number of benzene rings is 2. The van der Waals surface area contributed by atoms with Crippen molar-refractivity contribution in [2.24, 2.45) is 10.1 Å². The van der Waals surface area contributed by atoms with Crippen molar-refractivity contribution < 1.29 is 13.5 Å². The third-order valence-electron chi connectivity index (χ3n) is 3.09. The smallest absolute Gasteiger partial charge is 0.238 e. The van der Waals surface area contributed by atoms with E-state index in [1.54, 1.807) is 29.2 Å². The number of rotatable bonds is 4. The second kappa shape index (κ2) is 6.69. The van der Waals surface area contributed by atoms with Gasteiger partial charge in [-0.25, -0.2) is 13.6 Å². The number of hydrogen-bond acceptors (Lipinski definition) is 5. The Morgan fingerprint density at radius 2 is 1.91 bits per heavy atom. The molecule has 6 nitrogen and oxygen atoms in total. The standard InChI is InChI=1S/C15H16BrN3O3S/c1-19(2)14-5-4-12(23(17,21)22)8-13(14)18-9-10-7-11(16)3-6-15(10)20/h3-9,20H,1-2H3,(H2,17,21,22). The first kappa shape index (κ1) is 17.5. The van der Waals surface area contributed by atoms with Gasteiger partial charge in [-0.2, -0.15) is 0 Å². The Hall–Kier alpha value is -1.90. The molecule has 0 saturated heterocycles. The molecular formula is C15H16BrN3O3S. The highest BCUT2D eigenvalue weighted by Gasteiger charge is 2.12. The number of hydrogen-bond donors (Lipinski definition) is 2. The van der Waals surface area contributed by atoms with Gasteiger partial charge in [0, 0.05) is 30.3 Å². The van der Waals surface area contributed by atoms with Gasteiger partial charge in [-0.15, -0.1) is 0 Å². The zero-order valence-electron chi connectivity index (χ0n) is 12.6. The lowest BCUT2D eigenvalue weighted by atomic mass is 10.2. The average Bonchev–Trinajstić information content (AvgIpc) is 2.46. The molecule has 0 bridgehead atoms. The SMILES string of the molecule is CN(C)c1ccc(S(N)(=O)=O)cc1N=Cc1cc(Br)ccc1O. The summed E-state index contributed by atoms with van der Waals surface area (Å²) in [7, 11) is -0.173. The van der Waals surface area contributed by atoms with Gasteiger partial charge in [0.1, 0.15) is 5.75 Å². The monoisotopic (exact) mass is 397 g/mol. The van der Waals surface area contributed by atoms with Gasteiger partial charge in [-0.1, -0.05) is 15.9 Å². The van der Waals surface area contributed by atoms with Crippen LogP contribution >= 0.6 is 15.9 Å². The van der Waals surface area contributed by atoms with Gasteiger partial charge in [-0.05, 0) is 36.4 Å². The summed E-state index contributed by atoms with van der Waals surface area (Å²) in [5.41, 5.74) is 1.66. The van der Waals surface area contributed by atoms with Crippen LogP contribution in [0.25, 0.3) is 0 Å². The third kappa shape index (κ3) is 4.31. The zero-order valence-corrected chi connectivity index (χ0v) is 15.0. The second-order valence-corrected chi connectivity index (χ2v) is 7.53. The molecule has 0 aliphatic heterocycles. The molecule has 0 saturated carbocycles. The van der Waals surface area contributed by atoms with Crippen LogP contribution in [-0.4, -0.2) is 33.8 Å². The molecule has 23 heavy (non-hydrogen) atoms. The number of phenols is 1. The van der Waals surface area contributed by atoms with E-state index in [0.717, 1.165) is 10.2 Å². The Morgan fingerprint density at radius 1 is 1.22 bits per heavy atom. The van der Waals surface area contributed by atoms with Crippen LogP contribution in [-0.2, 0) is 10.0 Å². The van der Waals surface area contributed by atoms with Gasteiger partial charge < -0.3 is 10.0 Å². The lowest BCUT2D eigenvalue weighted by Crippen LogP contribution is -2.13. The van der Waals surface area contributed by atoms with Gasteiger partial charge in [0.2, 0.25) is 10.0 Å². The van der Waals surface area contributed by atoms with E-state index in [4.69, 9.17) is 5.14 Å². The van der Waals surface area contributed by atoms with E-state index in [1.807, 2.05) is 14.1 Å². The Bertz CT molecular complexity index is 864. The van der Waals surface area contributed by atoms with Gasteiger partial charge in [-0.3, -0.25) is 4.99 Å². The van der Waals surface area contributed by atoms with Crippen molar-refractivity contribution in [3.63, 3.8) is 0 Å². The van der Waals surface area contributed by atoms with Crippen LogP contribution in [0.5, 0.6) is 5.75 Å². The summed E-state index contributed by atoms with van der Waals surface area (Å²) in [5, 5.41) is 15.0. The van der Waals surface area contributed by atoms with Crippen LogP contribution in [0.1, 0.15) is 5.56 Å². The lowest BCUT2D eigenvalue weighted by molar-refractivity contribution is 0.474. The molecule has 0 heterocycles. The minimum Gasteiger partial charge on any atom is -0.507 e. The molecule has 3 N–H and O–H groups in total. The molecule has 0 aromatic heterocycles. The molecule has 0 aliphatic carbocycles. The molecule has 2 aromatic rings. The molecular weight excluding hydrogens is 382 g/mol. The predicted molar refractivity (Wildman–Crippen MR) is 95.2 cm³/mol. The fraction of sp³-hybridized carbons (Fsp3) is 0.133. The minimum atomic E-state index is -3.81. The number of aromatic hydroxyl groups is 1. The number of sulfonamides is 1. The van der Waals surface area contributed by atoms with E-state index in [2.05, 4.69) is 20.9 Å². The summed E-state index contributed by atoms with van der Waals surface area (Å²) in [6.45, 7) is 0. The van der Waals surface area contributed by atoms with Gasteiger partial charge in [0.25, 0.3) is 0 Å². The maximum absolute atomic E-state index is 11.5. The minimum absolute atomic E-state index is 0.0197. The molecule has 0 fully saturated rings. The summed E-state index contributed by atoms with van der Waals surface area (Å²) in [6.07, 6.45) is 1.47. The Morgan fingerprint density at radius 3 is 2.52 bits per heavy atom. The van der Waals surface area contributed by atoms with Crippen molar-refractivity contribution in [1.82, 2.24) is 0 Å². The van der Waals surface area contributed by atoms with E-state index in [0.29, 0.717) is 11.3 Å². The van der Waals surface area contributed by atoms with Crippen LogP contribution in [0.4, 0.5) is 11.4 Å². The van der Waals surface area contributed by atoms with Gasteiger partial charge in [0.05, 0.1) is 16.3 Å². The average molecular weight is 398 g/mol. The first-order chi connectivity index (χ1) is 10.7. The molecule has 8 heteroatoms.